The van der Waals surface area contributed by atoms with Crippen molar-refractivity contribution in [2.45, 2.75) is 38.8 Å². The Hall–Kier alpha value is -1.75. The van der Waals surface area contributed by atoms with Gasteiger partial charge in [-0.1, -0.05) is 48.0 Å². The Morgan fingerprint density at radius 1 is 1.07 bits per heavy atom. The number of halogens is 2. The molecule has 0 bridgehead atoms. The lowest BCUT2D eigenvalue weighted by Crippen LogP contribution is -2.29. The van der Waals surface area contributed by atoms with E-state index >= 15 is 0 Å². The normalized spacial score (nSPS) is 14.2. The minimum absolute atomic E-state index is 0. The molecule has 28 heavy (non-hydrogen) atoms. The maximum Gasteiger partial charge on any atom is 0.220 e. The summed E-state index contributed by atoms with van der Waals surface area (Å²) >= 11 is 6.15. The van der Waals surface area contributed by atoms with E-state index < -0.39 is 0 Å². The molecular weight excluding hydrogens is 395 g/mol. The van der Waals surface area contributed by atoms with Crippen LogP contribution in [0.25, 0.3) is 0 Å². The molecule has 1 heterocycles. The van der Waals surface area contributed by atoms with Gasteiger partial charge < -0.3 is 15.4 Å². The largest absolute Gasteiger partial charge is 0.487 e. The van der Waals surface area contributed by atoms with Gasteiger partial charge in [-0.3, -0.25) is 4.79 Å². The fourth-order valence-corrected chi connectivity index (χ4v) is 3.57. The van der Waals surface area contributed by atoms with Gasteiger partial charge in [-0.05, 0) is 61.5 Å². The second kappa shape index (κ2) is 11.9. The van der Waals surface area contributed by atoms with Gasteiger partial charge in [0.1, 0.15) is 12.4 Å². The first-order valence-electron chi connectivity index (χ1n) is 9.64. The second-order valence-electron chi connectivity index (χ2n) is 7.00. The predicted molar refractivity (Wildman–Crippen MR) is 116 cm³/mol. The number of amides is 1. The number of nitrogens with one attached hydrogen (secondary N) is 2. The van der Waals surface area contributed by atoms with E-state index in [1.165, 1.54) is 12.8 Å². The highest BCUT2D eigenvalue weighted by Gasteiger charge is 2.14. The van der Waals surface area contributed by atoms with Crippen molar-refractivity contribution in [2.24, 2.45) is 5.92 Å². The van der Waals surface area contributed by atoms with Crippen LogP contribution in [0, 0.1) is 5.92 Å². The van der Waals surface area contributed by atoms with Gasteiger partial charge in [0.05, 0.1) is 5.02 Å². The van der Waals surface area contributed by atoms with Crippen molar-refractivity contribution in [3.63, 3.8) is 0 Å². The summed E-state index contributed by atoms with van der Waals surface area (Å²) in [4.78, 5) is 12.2. The molecule has 0 radical (unpaired) electrons. The predicted octanol–water partition coefficient (Wildman–Crippen LogP) is 4.74. The van der Waals surface area contributed by atoms with Gasteiger partial charge in [-0.25, -0.2) is 0 Å². The maximum absolute atomic E-state index is 12.2. The quantitative estimate of drug-likeness (QED) is 0.645. The maximum atomic E-state index is 12.2. The molecule has 1 fully saturated rings. The van der Waals surface area contributed by atoms with Gasteiger partial charge in [0.2, 0.25) is 5.91 Å². The van der Waals surface area contributed by atoms with Crippen LogP contribution in [0.1, 0.15) is 36.8 Å². The number of ether oxygens (including phenoxy) is 1. The minimum Gasteiger partial charge on any atom is -0.487 e. The summed E-state index contributed by atoms with van der Waals surface area (Å²) in [6.07, 6.45) is 3.93. The lowest BCUT2D eigenvalue weighted by atomic mass is 9.93. The summed E-state index contributed by atoms with van der Waals surface area (Å²) < 4.78 is 5.85. The van der Waals surface area contributed by atoms with Crippen molar-refractivity contribution in [2.75, 3.05) is 13.1 Å². The molecule has 0 saturated carbocycles. The molecule has 1 amide bonds. The Kier molecular flexibility index (Phi) is 9.62. The highest BCUT2D eigenvalue weighted by molar-refractivity contribution is 6.32. The van der Waals surface area contributed by atoms with Crippen molar-refractivity contribution in [3.8, 4) is 5.75 Å². The van der Waals surface area contributed by atoms with E-state index in [-0.39, 0.29) is 18.3 Å². The number of piperidine rings is 1. The Bertz CT molecular complexity index is 749. The monoisotopic (exact) mass is 422 g/mol. The molecule has 0 atom stereocenters. The Morgan fingerprint density at radius 3 is 2.50 bits per heavy atom. The summed E-state index contributed by atoms with van der Waals surface area (Å²) in [6.45, 7) is 3.09. The number of para-hydroxylation sites is 1. The van der Waals surface area contributed by atoms with E-state index in [1.807, 2.05) is 48.5 Å². The number of carbonyl (C=O) groups excluding carboxylic acids is 1. The molecular formula is C22H28Cl2N2O2. The molecule has 3 rings (SSSR count). The molecule has 1 aliphatic rings. The first-order valence-corrected chi connectivity index (χ1v) is 10.0. The Balaban J connectivity index is 0.00000280. The zero-order valence-electron chi connectivity index (χ0n) is 16.0. The van der Waals surface area contributed by atoms with E-state index in [0.717, 1.165) is 30.6 Å². The van der Waals surface area contributed by atoms with Gasteiger partial charge in [0.15, 0.2) is 0 Å². The molecule has 1 aliphatic heterocycles. The van der Waals surface area contributed by atoms with Crippen LogP contribution in [0.4, 0.5) is 0 Å². The zero-order chi connectivity index (χ0) is 18.9. The lowest BCUT2D eigenvalue weighted by molar-refractivity contribution is -0.121. The number of benzene rings is 2. The van der Waals surface area contributed by atoms with Crippen molar-refractivity contribution in [1.29, 1.82) is 0 Å². The molecule has 2 aromatic carbocycles. The number of hydrogen-bond acceptors (Lipinski definition) is 3. The van der Waals surface area contributed by atoms with E-state index in [4.69, 9.17) is 16.3 Å². The van der Waals surface area contributed by atoms with Gasteiger partial charge in [-0.2, -0.15) is 0 Å². The van der Waals surface area contributed by atoms with E-state index in [2.05, 4.69) is 10.6 Å². The summed E-state index contributed by atoms with van der Waals surface area (Å²) in [7, 11) is 0. The molecule has 1 saturated heterocycles. The van der Waals surface area contributed by atoms with Crippen LogP contribution in [0.2, 0.25) is 5.02 Å². The number of carbonyl (C=O) groups is 1. The smallest absolute Gasteiger partial charge is 0.220 e. The van der Waals surface area contributed by atoms with Crippen LogP contribution in [-0.4, -0.2) is 19.0 Å². The van der Waals surface area contributed by atoms with Crippen LogP contribution < -0.4 is 15.4 Å². The standard InChI is InChI=1S/C22H27ClN2O2.ClH/c23-20-7-3-4-8-21(20)27-16-19-6-2-1-5-18(19)15-25-22(26)10-9-17-11-13-24-14-12-17;/h1-8,17,24H,9-16H2,(H,25,26);1H. The molecule has 0 aliphatic carbocycles. The first kappa shape index (κ1) is 22.5. The number of hydrogen-bond donors (Lipinski definition) is 2. The minimum atomic E-state index is 0. The third-order valence-electron chi connectivity index (χ3n) is 5.05. The van der Waals surface area contributed by atoms with E-state index in [0.29, 0.717) is 36.3 Å². The summed E-state index contributed by atoms with van der Waals surface area (Å²) in [5.41, 5.74) is 2.12. The molecule has 4 nitrogen and oxygen atoms in total. The van der Waals surface area contributed by atoms with Crippen molar-refractivity contribution < 1.29 is 9.53 Å². The number of rotatable bonds is 8. The fraction of sp³-hybridized carbons (Fsp3) is 0.409. The van der Waals surface area contributed by atoms with Crippen LogP contribution in [0.15, 0.2) is 48.5 Å². The van der Waals surface area contributed by atoms with Gasteiger partial charge >= 0.3 is 0 Å². The average Bonchev–Trinajstić information content (AvgIpc) is 2.71. The molecule has 2 N–H and O–H groups in total. The van der Waals surface area contributed by atoms with Crippen molar-refractivity contribution >= 4 is 29.9 Å². The summed E-state index contributed by atoms with van der Waals surface area (Å²) in [6, 6.07) is 15.5. The van der Waals surface area contributed by atoms with Gasteiger partial charge in [-0.15, -0.1) is 12.4 Å². The van der Waals surface area contributed by atoms with E-state index in [9.17, 15) is 4.79 Å². The highest BCUT2D eigenvalue weighted by Crippen LogP contribution is 2.24. The first-order chi connectivity index (χ1) is 13.2. The molecule has 2 aromatic rings. The van der Waals surface area contributed by atoms with E-state index in [1.54, 1.807) is 0 Å². The highest BCUT2D eigenvalue weighted by atomic mass is 35.5. The van der Waals surface area contributed by atoms with Crippen molar-refractivity contribution in [3.05, 3.63) is 64.7 Å². The van der Waals surface area contributed by atoms with Crippen LogP contribution in [0.3, 0.4) is 0 Å². The Labute approximate surface area is 178 Å². The van der Waals surface area contributed by atoms with Gasteiger partial charge in [0, 0.05) is 13.0 Å². The van der Waals surface area contributed by atoms with Crippen LogP contribution >= 0.6 is 24.0 Å². The molecule has 0 unspecified atom stereocenters. The third-order valence-corrected chi connectivity index (χ3v) is 5.36. The summed E-state index contributed by atoms with van der Waals surface area (Å²) in [5.74, 6) is 1.46. The Morgan fingerprint density at radius 2 is 1.75 bits per heavy atom. The third kappa shape index (κ3) is 7.01. The van der Waals surface area contributed by atoms with Crippen LogP contribution in [-0.2, 0) is 17.9 Å². The summed E-state index contributed by atoms with van der Waals surface area (Å²) in [5, 5.41) is 7.01. The molecule has 152 valence electrons. The zero-order valence-corrected chi connectivity index (χ0v) is 17.5. The average molecular weight is 423 g/mol. The molecule has 0 spiro atoms. The van der Waals surface area contributed by atoms with Crippen molar-refractivity contribution in [1.82, 2.24) is 10.6 Å². The van der Waals surface area contributed by atoms with Gasteiger partial charge in [0.25, 0.3) is 0 Å². The molecule has 0 aromatic heterocycles. The topological polar surface area (TPSA) is 50.4 Å². The SMILES string of the molecule is Cl.O=C(CCC1CCNCC1)NCc1ccccc1COc1ccccc1Cl. The lowest BCUT2D eigenvalue weighted by Gasteiger charge is -2.22. The fourth-order valence-electron chi connectivity index (χ4n) is 3.38. The molecule has 6 heteroatoms. The van der Waals surface area contributed by atoms with Crippen LogP contribution in [0.5, 0.6) is 5.75 Å². The second-order valence-corrected chi connectivity index (χ2v) is 7.40.